The van der Waals surface area contributed by atoms with Gasteiger partial charge in [-0.05, 0) is 97.1 Å². The van der Waals surface area contributed by atoms with Crippen LogP contribution in [0.3, 0.4) is 0 Å². The largest absolute Gasteiger partial charge is 0.497 e. The number of rotatable bonds is 7. The number of alkyl carbamates (subject to hydrolysis) is 1. The van der Waals surface area contributed by atoms with Gasteiger partial charge in [0.2, 0.25) is 27.7 Å². The fourth-order valence-corrected chi connectivity index (χ4v) is 8.85. The second-order valence-corrected chi connectivity index (χ2v) is 19.3. The Morgan fingerprint density at radius 2 is 1.80 bits per heavy atom. The van der Waals surface area contributed by atoms with Gasteiger partial charge in [0.25, 0.3) is 5.91 Å². The SMILES string of the molecule is COc1ccc2nc(C)c(O[C@@H]3CC4C(=O)N[C@]5(C(=O)NS(=O)(=O)C6(C)CC6)C[C@H]5/C=C\CC[C@@H](C)C[C@@H](C)[C@H](NC(=O)OC(C)(C)C)C(=O)N4C3)nc2c1. The lowest BCUT2D eigenvalue weighted by Crippen LogP contribution is -2.59. The number of aromatic nitrogens is 2. The number of allylic oxidation sites excluding steroid dienone is 1. The van der Waals surface area contributed by atoms with Gasteiger partial charge in [-0.2, -0.15) is 0 Å². The van der Waals surface area contributed by atoms with E-state index in [4.69, 9.17) is 14.2 Å². The molecular formula is C39H54N6O9S. The lowest BCUT2D eigenvalue weighted by atomic mass is 9.88. The summed E-state index contributed by atoms with van der Waals surface area (Å²) >= 11 is 0. The highest BCUT2D eigenvalue weighted by Crippen LogP contribution is 2.47. The van der Waals surface area contributed by atoms with Gasteiger partial charge in [0, 0.05) is 18.4 Å². The van der Waals surface area contributed by atoms with Crippen LogP contribution in [-0.4, -0.2) is 94.8 Å². The highest BCUT2D eigenvalue weighted by molar-refractivity contribution is 7.91. The van der Waals surface area contributed by atoms with Gasteiger partial charge in [0.05, 0.1) is 29.4 Å². The van der Waals surface area contributed by atoms with E-state index >= 15 is 0 Å². The molecular weight excluding hydrogens is 729 g/mol. The smallest absolute Gasteiger partial charge is 0.408 e. The van der Waals surface area contributed by atoms with Gasteiger partial charge in [0.1, 0.15) is 40.8 Å². The number of methoxy groups -OCH3 is 1. The van der Waals surface area contributed by atoms with Crippen molar-refractivity contribution >= 4 is 44.9 Å². The molecule has 2 aliphatic heterocycles. The van der Waals surface area contributed by atoms with Crippen molar-refractivity contribution in [3.05, 3.63) is 36.0 Å². The topological polar surface area (TPSA) is 195 Å². The fraction of sp³-hybridized carbons (Fsp3) is 0.641. The molecule has 6 rings (SSSR count). The van der Waals surface area contributed by atoms with Gasteiger partial charge in [-0.1, -0.05) is 26.0 Å². The fourth-order valence-electron chi connectivity index (χ4n) is 7.53. The first-order valence-electron chi connectivity index (χ1n) is 19.1. The molecule has 2 aromatic rings. The molecule has 1 saturated heterocycles. The maximum atomic E-state index is 14.8. The summed E-state index contributed by atoms with van der Waals surface area (Å²) in [7, 11) is -2.45. The first-order valence-corrected chi connectivity index (χ1v) is 20.6. The zero-order valence-electron chi connectivity index (χ0n) is 32.9. The number of nitrogens with one attached hydrogen (secondary N) is 3. The summed E-state index contributed by atoms with van der Waals surface area (Å²) in [6, 6.07) is 3.10. The quantitative estimate of drug-likeness (QED) is 0.343. The Morgan fingerprint density at radius 1 is 1.07 bits per heavy atom. The van der Waals surface area contributed by atoms with E-state index in [9.17, 15) is 27.6 Å². The van der Waals surface area contributed by atoms with Gasteiger partial charge < -0.3 is 29.7 Å². The molecule has 0 radical (unpaired) electrons. The summed E-state index contributed by atoms with van der Waals surface area (Å²) < 4.78 is 44.9. The molecule has 1 aromatic heterocycles. The molecule has 15 nitrogen and oxygen atoms in total. The molecule has 1 aromatic carbocycles. The van der Waals surface area contributed by atoms with Crippen LogP contribution in [0.25, 0.3) is 11.0 Å². The number of hydrogen-bond donors (Lipinski definition) is 3. The normalized spacial score (nSPS) is 30.1. The Hall–Kier alpha value is -4.47. The average Bonchev–Trinajstić information content (AvgIpc) is 3.98. The molecule has 0 spiro atoms. The minimum absolute atomic E-state index is 0.0212. The first-order chi connectivity index (χ1) is 25.7. The van der Waals surface area contributed by atoms with Crippen LogP contribution in [0.15, 0.2) is 30.4 Å². The zero-order valence-corrected chi connectivity index (χ0v) is 33.7. The number of amides is 4. The van der Waals surface area contributed by atoms with E-state index in [-0.39, 0.29) is 37.1 Å². The number of hydrogen-bond acceptors (Lipinski definition) is 11. The lowest BCUT2D eigenvalue weighted by Gasteiger charge is -2.33. The van der Waals surface area contributed by atoms with Crippen LogP contribution in [0, 0.1) is 24.7 Å². The number of sulfonamides is 1. The Labute approximate surface area is 322 Å². The highest BCUT2D eigenvalue weighted by atomic mass is 32.2. The predicted molar refractivity (Wildman–Crippen MR) is 204 cm³/mol. The molecule has 1 unspecified atom stereocenters. The summed E-state index contributed by atoms with van der Waals surface area (Å²) in [6.45, 7) is 12.4. The van der Waals surface area contributed by atoms with Gasteiger partial charge in [0.15, 0.2) is 0 Å². The van der Waals surface area contributed by atoms with Gasteiger partial charge in [-0.3, -0.25) is 19.1 Å². The van der Waals surface area contributed by atoms with Crippen LogP contribution in [0.1, 0.15) is 92.2 Å². The molecule has 55 heavy (non-hydrogen) atoms. The molecule has 2 saturated carbocycles. The Balaban J connectivity index is 1.35. The molecule has 16 heteroatoms. The van der Waals surface area contributed by atoms with E-state index in [1.54, 1.807) is 59.9 Å². The molecule has 4 amide bonds. The van der Waals surface area contributed by atoms with Crippen molar-refractivity contribution in [2.24, 2.45) is 17.8 Å². The second kappa shape index (κ2) is 14.9. The minimum atomic E-state index is -4.00. The van der Waals surface area contributed by atoms with Crippen LogP contribution < -0.4 is 24.8 Å². The maximum Gasteiger partial charge on any atom is 0.408 e. The van der Waals surface area contributed by atoms with Crippen molar-refractivity contribution < 1.29 is 41.8 Å². The third-order valence-corrected chi connectivity index (χ3v) is 13.4. The molecule has 2 aliphatic carbocycles. The van der Waals surface area contributed by atoms with E-state index in [0.29, 0.717) is 48.2 Å². The molecule has 4 aliphatic rings. The monoisotopic (exact) mass is 782 g/mol. The minimum Gasteiger partial charge on any atom is -0.497 e. The lowest BCUT2D eigenvalue weighted by molar-refractivity contribution is -0.142. The molecule has 3 N–H and O–H groups in total. The van der Waals surface area contributed by atoms with Crippen LogP contribution in [0.2, 0.25) is 0 Å². The summed E-state index contributed by atoms with van der Waals surface area (Å²) in [4.78, 5) is 67.0. The van der Waals surface area contributed by atoms with E-state index in [0.717, 1.165) is 6.42 Å². The number of aryl methyl sites for hydroxylation is 1. The van der Waals surface area contributed by atoms with E-state index < -0.39 is 73.8 Å². The van der Waals surface area contributed by atoms with Crippen LogP contribution in [0.5, 0.6) is 11.6 Å². The Kier molecular flexibility index (Phi) is 10.9. The Bertz CT molecular complexity index is 1990. The average molecular weight is 783 g/mol. The summed E-state index contributed by atoms with van der Waals surface area (Å²) in [5.41, 5.74) is -0.700. The molecule has 300 valence electrons. The number of benzene rings is 1. The van der Waals surface area contributed by atoms with E-state index in [2.05, 4.69) is 32.2 Å². The predicted octanol–water partition coefficient (Wildman–Crippen LogP) is 4.07. The first kappa shape index (κ1) is 40.2. The van der Waals surface area contributed by atoms with E-state index in [1.165, 1.54) is 4.90 Å². The third-order valence-electron chi connectivity index (χ3n) is 11.2. The van der Waals surface area contributed by atoms with Crippen LogP contribution in [-0.2, 0) is 29.1 Å². The van der Waals surface area contributed by atoms with Crippen LogP contribution >= 0.6 is 0 Å². The number of ether oxygens (including phenoxy) is 3. The molecule has 7 atom stereocenters. The Morgan fingerprint density at radius 3 is 2.47 bits per heavy atom. The van der Waals surface area contributed by atoms with Gasteiger partial charge >= 0.3 is 6.09 Å². The van der Waals surface area contributed by atoms with Crippen molar-refractivity contribution in [2.45, 2.75) is 127 Å². The standard InChI is InChI=1S/C39H54N6O9S/c1-22-11-9-10-12-25-20-39(25,35(48)44-55(50,51)38(7)15-16-38)43-32(46)30-19-27(53-33-24(3)40-28-14-13-26(52-8)18-29(28)41-33)21-45(30)34(47)31(23(2)17-22)42-36(49)54-37(4,5)6/h10,12-14,18,22-23,25,27,30-31H,9,11,15-17,19-21H2,1-8H3,(H,42,49)(H,43,46)(H,44,48)/b12-10-/t22-,23-,25-,27-,30?,31+,39-/m1/s1. The zero-order chi connectivity index (χ0) is 40.1. The molecule has 3 heterocycles. The van der Waals surface area contributed by atoms with Crippen molar-refractivity contribution in [3.8, 4) is 11.6 Å². The molecule has 3 fully saturated rings. The number of nitrogens with zero attached hydrogens (tertiary/aromatic N) is 3. The number of carbonyl (C=O) groups is 4. The van der Waals surface area contributed by atoms with Crippen LogP contribution in [0.4, 0.5) is 4.79 Å². The summed E-state index contributed by atoms with van der Waals surface area (Å²) in [5.74, 6) is -1.81. The van der Waals surface area contributed by atoms with Crippen molar-refractivity contribution in [1.29, 1.82) is 0 Å². The van der Waals surface area contributed by atoms with Crippen molar-refractivity contribution in [1.82, 2.24) is 30.2 Å². The summed E-state index contributed by atoms with van der Waals surface area (Å²) in [5, 5.41) is 5.70. The van der Waals surface area contributed by atoms with Gasteiger partial charge in [-0.15, -0.1) is 0 Å². The number of fused-ring (bicyclic) bond motifs is 3. The molecule has 0 bridgehead atoms. The number of carbonyl (C=O) groups excluding carboxylic acids is 4. The second-order valence-electron chi connectivity index (χ2n) is 17.1. The third kappa shape index (κ3) is 8.68. The van der Waals surface area contributed by atoms with Gasteiger partial charge in [-0.25, -0.2) is 23.2 Å². The van der Waals surface area contributed by atoms with Crippen molar-refractivity contribution in [3.63, 3.8) is 0 Å². The van der Waals surface area contributed by atoms with E-state index in [1.807, 2.05) is 19.1 Å². The summed E-state index contributed by atoms with van der Waals surface area (Å²) in [6.07, 6.45) is 5.43. The maximum absolute atomic E-state index is 14.8. The van der Waals surface area contributed by atoms with Crippen molar-refractivity contribution in [2.75, 3.05) is 13.7 Å². The highest BCUT2D eigenvalue weighted by Gasteiger charge is 2.63.